The molecule has 0 aliphatic heterocycles. The van der Waals surface area contributed by atoms with Crippen LogP contribution in [0.15, 0.2) is 12.2 Å². The molecule has 0 heterocycles. The Labute approximate surface area is 280 Å². The highest BCUT2D eigenvalue weighted by Gasteiger charge is 2.16. The van der Waals surface area contributed by atoms with E-state index in [0.29, 0.717) is 12.8 Å². The van der Waals surface area contributed by atoms with Gasteiger partial charge in [-0.2, -0.15) is 0 Å². The van der Waals surface area contributed by atoms with E-state index in [-0.39, 0.29) is 25.2 Å². The van der Waals surface area contributed by atoms with Crippen molar-refractivity contribution in [2.45, 2.75) is 219 Å². The average molecular weight is 637 g/mol. The number of aliphatic hydroxyl groups excluding tert-OH is 1. The lowest BCUT2D eigenvalue weighted by Crippen LogP contribution is -2.28. The number of esters is 2. The molecule has 0 aromatic rings. The van der Waals surface area contributed by atoms with Gasteiger partial charge >= 0.3 is 11.9 Å². The highest BCUT2D eigenvalue weighted by Crippen LogP contribution is 2.15. The van der Waals surface area contributed by atoms with Gasteiger partial charge in [0.05, 0.1) is 6.61 Å². The van der Waals surface area contributed by atoms with E-state index < -0.39 is 6.10 Å². The smallest absolute Gasteiger partial charge is 0.306 e. The van der Waals surface area contributed by atoms with Crippen LogP contribution in [0.5, 0.6) is 0 Å². The summed E-state index contributed by atoms with van der Waals surface area (Å²) in [6.07, 6.45) is 41.2. The molecule has 0 rings (SSSR count). The maximum Gasteiger partial charge on any atom is 0.306 e. The first-order chi connectivity index (χ1) is 22.1. The molecular formula is C40H76O5. The molecule has 0 amide bonds. The van der Waals surface area contributed by atoms with Crippen molar-refractivity contribution in [3.63, 3.8) is 0 Å². The lowest BCUT2D eigenvalue weighted by atomic mass is 10.0. The average Bonchev–Trinajstić information content (AvgIpc) is 3.04. The van der Waals surface area contributed by atoms with Crippen LogP contribution in [0.25, 0.3) is 0 Å². The van der Waals surface area contributed by atoms with Gasteiger partial charge in [0.15, 0.2) is 6.10 Å². The first kappa shape index (κ1) is 43.6. The zero-order valence-electron chi connectivity index (χ0n) is 30.1. The molecule has 0 spiro atoms. The molecule has 0 aliphatic rings. The van der Waals surface area contributed by atoms with Crippen LogP contribution in [0.1, 0.15) is 213 Å². The van der Waals surface area contributed by atoms with Crippen molar-refractivity contribution in [1.29, 1.82) is 0 Å². The summed E-state index contributed by atoms with van der Waals surface area (Å²) in [6, 6.07) is 0. The van der Waals surface area contributed by atoms with Crippen LogP contribution in [-0.2, 0) is 19.1 Å². The third-order valence-corrected chi connectivity index (χ3v) is 8.81. The van der Waals surface area contributed by atoms with Crippen molar-refractivity contribution in [3.8, 4) is 0 Å². The van der Waals surface area contributed by atoms with E-state index in [2.05, 4.69) is 26.0 Å². The van der Waals surface area contributed by atoms with Gasteiger partial charge in [-0.15, -0.1) is 0 Å². The molecule has 266 valence electrons. The first-order valence-corrected chi connectivity index (χ1v) is 19.7. The van der Waals surface area contributed by atoms with Crippen LogP contribution in [0.2, 0.25) is 0 Å². The highest BCUT2D eigenvalue weighted by molar-refractivity contribution is 5.70. The summed E-state index contributed by atoms with van der Waals surface area (Å²) in [7, 11) is 0. The van der Waals surface area contributed by atoms with Gasteiger partial charge < -0.3 is 14.6 Å². The van der Waals surface area contributed by atoms with Crippen molar-refractivity contribution >= 4 is 11.9 Å². The van der Waals surface area contributed by atoms with Gasteiger partial charge in [-0.3, -0.25) is 9.59 Å². The van der Waals surface area contributed by atoms with E-state index in [1.807, 2.05) is 0 Å². The standard InChI is InChI=1S/C40H76O5/c1-3-5-7-9-11-13-15-17-19-20-21-23-25-27-29-31-33-35-40(43)45-38(36-41)37-44-39(42)34-32-30-28-26-24-22-18-16-14-12-10-8-6-4-2/h17,19,38,41H,3-16,18,20-37H2,1-2H3/b19-17-/t38-/m0/s1. The SMILES string of the molecule is CCCCCCCC/C=C\CCCCCCCCCC(=O)O[C@@H](CO)COC(=O)CCCCCCCCCCCCCCCC. The van der Waals surface area contributed by atoms with Gasteiger partial charge in [-0.05, 0) is 38.5 Å². The predicted molar refractivity (Wildman–Crippen MR) is 192 cm³/mol. The van der Waals surface area contributed by atoms with Gasteiger partial charge in [-0.25, -0.2) is 0 Å². The van der Waals surface area contributed by atoms with E-state index in [1.54, 1.807) is 0 Å². The lowest BCUT2D eigenvalue weighted by molar-refractivity contribution is -0.161. The molecule has 0 aromatic heterocycles. The summed E-state index contributed by atoms with van der Waals surface area (Å²) >= 11 is 0. The molecule has 0 bridgehead atoms. The fourth-order valence-electron chi connectivity index (χ4n) is 5.78. The van der Waals surface area contributed by atoms with Crippen LogP contribution >= 0.6 is 0 Å². The third-order valence-electron chi connectivity index (χ3n) is 8.81. The Hall–Kier alpha value is -1.36. The quantitative estimate of drug-likeness (QED) is 0.0421. The molecule has 1 N–H and O–H groups in total. The zero-order valence-corrected chi connectivity index (χ0v) is 30.1. The summed E-state index contributed by atoms with van der Waals surface area (Å²) in [5.74, 6) is -0.586. The molecule has 5 heteroatoms. The van der Waals surface area contributed by atoms with Crippen LogP contribution in [0, 0.1) is 0 Å². The Morgan fingerprint density at radius 3 is 1.20 bits per heavy atom. The normalized spacial score (nSPS) is 12.2. The number of allylic oxidation sites excluding steroid dienone is 2. The second kappa shape index (κ2) is 37.1. The number of hydrogen-bond acceptors (Lipinski definition) is 5. The van der Waals surface area contributed by atoms with Crippen LogP contribution in [0.3, 0.4) is 0 Å². The summed E-state index contributed by atoms with van der Waals surface area (Å²) in [6.45, 7) is 4.14. The summed E-state index contributed by atoms with van der Waals surface area (Å²) in [5.41, 5.74) is 0. The second-order valence-electron chi connectivity index (χ2n) is 13.4. The van der Waals surface area contributed by atoms with E-state index in [0.717, 1.165) is 38.5 Å². The molecule has 0 fully saturated rings. The second-order valence-corrected chi connectivity index (χ2v) is 13.4. The number of aliphatic hydroxyl groups is 1. The molecule has 0 unspecified atom stereocenters. The minimum Gasteiger partial charge on any atom is -0.462 e. The lowest BCUT2D eigenvalue weighted by Gasteiger charge is -2.15. The van der Waals surface area contributed by atoms with E-state index in [9.17, 15) is 14.7 Å². The molecule has 45 heavy (non-hydrogen) atoms. The largest absolute Gasteiger partial charge is 0.462 e. The summed E-state index contributed by atoms with van der Waals surface area (Å²) in [5, 5.41) is 9.54. The Morgan fingerprint density at radius 2 is 0.822 bits per heavy atom. The fraction of sp³-hybridized carbons (Fsp3) is 0.900. The van der Waals surface area contributed by atoms with Gasteiger partial charge in [0.2, 0.25) is 0 Å². The van der Waals surface area contributed by atoms with Crippen molar-refractivity contribution in [1.82, 2.24) is 0 Å². The highest BCUT2D eigenvalue weighted by atomic mass is 16.6. The van der Waals surface area contributed by atoms with Crippen LogP contribution in [-0.4, -0.2) is 36.4 Å². The number of rotatable bonds is 36. The maximum absolute atomic E-state index is 12.2. The Bertz CT molecular complexity index is 647. The predicted octanol–water partition coefficient (Wildman–Crippen LogP) is 12.1. The maximum atomic E-state index is 12.2. The number of ether oxygens (including phenoxy) is 2. The molecule has 5 nitrogen and oxygen atoms in total. The first-order valence-electron chi connectivity index (χ1n) is 19.7. The Kier molecular flexibility index (Phi) is 36.0. The van der Waals surface area contributed by atoms with Crippen molar-refractivity contribution in [2.75, 3.05) is 13.2 Å². The minimum atomic E-state index is -0.766. The monoisotopic (exact) mass is 637 g/mol. The molecule has 0 saturated carbocycles. The topological polar surface area (TPSA) is 72.8 Å². The number of carbonyl (C=O) groups excluding carboxylic acids is 2. The van der Waals surface area contributed by atoms with Crippen molar-refractivity contribution in [3.05, 3.63) is 12.2 Å². The van der Waals surface area contributed by atoms with Crippen LogP contribution in [0.4, 0.5) is 0 Å². The van der Waals surface area contributed by atoms with Crippen molar-refractivity contribution < 1.29 is 24.2 Å². The van der Waals surface area contributed by atoms with E-state index in [4.69, 9.17) is 9.47 Å². The molecule has 0 saturated heterocycles. The van der Waals surface area contributed by atoms with E-state index >= 15 is 0 Å². The number of hydrogen-bond donors (Lipinski definition) is 1. The summed E-state index contributed by atoms with van der Waals surface area (Å²) in [4.78, 5) is 24.2. The zero-order chi connectivity index (χ0) is 32.9. The van der Waals surface area contributed by atoms with Crippen LogP contribution < -0.4 is 0 Å². The van der Waals surface area contributed by atoms with Gasteiger partial charge in [-0.1, -0.05) is 174 Å². The van der Waals surface area contributed by atoms with Gasteiger partial charge in [0.1, 0.15) is 6.61 Å². The van der Waals surface area contributed by atoms with Crippen molar-refractivity contribution in [2.24, 2.45) is 0 Å². The third kappa shape index (κ3) is 35.3. The molecule has 0 aromatic carbocycles. The van der Waals surface area contributed by atoms with Gasteiger partial charge in [0, 0.05) is 12.8 Å². The number of unbranched alkanes of at least 4 members (excludes halogenated alkanes) is 26. The van der Waals surface area contributed by atoms with Gasteiger partial charge in [0.25, 0.3) is 0 Å². The molecule has 0 radical (unpaired) electrons. The van der Waals surface area contributed by atoms with E-state index in [1.165, 1.54) is 148 Å². The fourth-order valence-corrected chi connectivity index (χ4v) is 5.78. The minimum absolute atomic E-state index is 0.0616. The molecular weight excluding hydrogens is 560 g/mol. The summed E-state index contributed by atoms with van der Waals surface area (Å²) < 4.78 is 10.6. The molecule has 1 atom stereocenters. The Balaban J connectivity index is 3.52. The number of carbonyl (C=O) groups is 2. The molecule has 0 aliphatic carbocycles. The Morgan fingerprint density at radius 1 is 0.489 bits per heavy atom.